The first-order valence-electron chi connectivity index (χ1n) is 6.14. The van der Waals surface area contributed by atoms with Crippen LogP contribution in [-0.2, 0) is 10.0 Å². The Kier molecular flexibility index (Phi) is 4.32. The topological polar surface area (TPSA) is 77.5 Å². The van der Waals surface area contributed by atoms with E-state index in [1.807, 2.05) is 6.92 Å². The third-order valence-electron chi connectivity index (χ3n) is 2.82. The highest BCUT2D eigenvalue weighted by atomic mass is 32.2. The SMILES string of the molecule is COc1ccc(S(=O)(=O)Nc2cc(C)ccn2)cc1OC. The summed E-state index contributed by atoms with van der Waals surface area (Å²) in [6, 6.07) is 7.82. The van der Waals surface area contributed by atoms with Gasteiger partial charge in [0.2, 0.25) is 0 Å². The number of benzene rings is 1. The van der Waals surface area contributed by atoms with E-state index in [2.05, 4.69) is 9.71 Å². The molecule has 0 saturated carbocycles. The molecule has 0 aliphatic heterocycles. The Hall–Kier alpha value is -2.28. The minimum absolute atomic E-state index is 0.0726. The average Bonchev–Trinajstić information content (AvgIpc) is 2.46. The Bertz CT molecular complexity index is 744. The normalized spacial score (nSPS) is 11.0. The molecule has 112 valence electrons. The molecule has 1 aromatic carbocycles. The predicted molar refractivity (Wildman–Crippen MR) is 79.3 cm³/mol. The second-order valence-corrected chi connectivity index (χ2v) is 6.02. The lowest BCUT2D eigenvalue weighted by molar-refractivity contribution is 0.354. The molecule has 0 fully saturated rings. The van der Waals surface area contributed by atoms with Gasteiger partial charge >= 0.3 is 0 Å². The third kappa shape index (κ3) is 3.43. The maximum atomic E-state index is 12.3. The van der Waals surface area contributed by atoms with Gasteiger partial charge in [0.1, 0.15) is 5.82 Å². The average molecular weight is 308 g/mol. The molecule has 0 radical (unpaired) electrons. The van der Waals surface area contributed by atoms with Crippen molar-refractivity contribution in [2.45, 2.75) is 11.8 Å². The first-order chi connectivity index (χ1) is 9.96. The quantitative estimate of drug-likeness (QED) is 0.916. The maximum absolute atomic E-state index is 12.3. The summed E-state index contributed by atoms with van der Waals surface area (Å²) in [6.07, 6.45) is 1.54. The lowest BCUT2D eigenvalue weighted by atomic mass is 10.3. The van der Waals surface area contributed by atoms with Crippen molar-refractivity contribution < 1.29 is 17.9 Å². The van der Waals surface area contributed by atoms with Gasteiger partial charge in [-0.2, -0.15) is 0 Å². The second-order valence-electron chi connectivity index (χ2n) is 4.34. The zero-order chi connectivity index (χ0) is 15.5. The fourth-order valence-electron chi connectivity index (χ4n) is 1.77. The Morgan fingerprint density at radius 1 is 1.05 bits per heavy atom. The minimum atomic E-state index is -3.74. The standard InChI is InChI=1S/C14H16N2O4S/c1-10-6-7-15-14(8-10)16-21(17,18)11-4-5-12(19-2)13(9-11)20-3/h4-9H,1-3H3,(H,15,16). The largest absolute Gasteiger partial charge is 0.493 e. The molecule has 0 aliphatic carbocycles. The molecule has 0 bridgehead atoms. The summed E-state index contributed by atoms with van der Waals surface area (Å²) in [5.41, 5.74) is 0.912. The number of nitrogens with one attached hydrogen (secondary N) is 1. The van der Waals surface area contributed by atoms with Gasteiger partial charge in [-0.1, -0.05) is 0 Å². The maximum Gasteiger partial charge on any atom is 0.263 e. The summed E-state index contributed by atoms with van der Waals surface area (Å²) in [5.74, 6) is 1.08. The molecule has 21 heavy (non-hydrogen) atoms. The molecule has 0 atom stereocenters. The van der Waals surface area contributed by atoms with Crippen molar-refractivity contribution >= 4 is 15.8 Å². The number of rotatable bonds is 5. The Labute approximate surface area is 123 Å². The third-order valence-corrected chi connectivity index (χ3v) is 4.17. The summed E-state index contributed by atoms with van der Waals surface area (Å²) >= 11 is 0. The number of sulfonamides is 1. The number of aromatic nitrogens is 1. The minimum Gasteiger partial charge on any atom is -0.493 e. The molecule has 0 saturated heterocycles. The summed E-state index contributed by atoms with van der Waals surface area (Å²) in [7, 11) is -0.800. The monoisotopic (exact) mass is 308 g/mol. The molecule has 2 rings (SSSR count). The van der Waals surface area contributed by atoms with Gasteiger partial charge in [-0.15, -0.1) is 0 Å². The molecule has 2 aromatic rings. The van der Waals surface area contributed by atoms with Crippen LogP contribution in [0, 0.1) is 6.92 Å². The summed E-state index contributed by atoms with van der Waals surface area (Å²) < 4.78 is 37.3. The van der Waals surface area contributed by atoms with Crippen molar-refractivity contribution in [3.8, 4) is 11.5 Å². The molecule has 0 spiro atoms. The molecular weight excluding hydrogens is 292 g/mol. The lowest BCUT2D eigenvalue weighted by Gasteiger charge is -2.11. The first kappa shape index (κ1) is 15.1. The Morgan fingerprint density at radius 2 is 1.76 bits per heavy atom. The number of hydrogen-bond donors (Lipinski definition) is 1. The van der Waals surface area contributed by atoms with Crippen LogP contribution in [-0.4, -0.2) is 27.6 Å². The van der Waals surface area contributed by atoms with Crippen LogP contribution in [0.1, 0.15) is 5.56 Å². The number of aryl methyl sites for hydroxylation is 1. The predicted octanol–water partition coefficient (Wildman–Crippen LogP) is 2.21. The highest BCUT2D eigenvalue weighted by Crippen LogP contribution is 2.29. The van der Waals surface area contributed by atoms with Crippen LogP contribution >= 0.6 is 0 Å². The molecule has 1 N–H and O–H groups in total. The highest BCUT2D eigenvalue weighted by Gasteiger charge is 2.17. The van der Waals surface area contributed by atoms with Gasteiger partial charge in [0, 0.05) is 12.3 Å². The van der Waals surface area contributed by atoms with E-state index in [0.29, 0.717) is 11.5 Å². The first-order valence-corrected chi connectivity index (χ1v) is 7.62. The molecule has 0 aliphatic rings. The van der Waals surface area contributed by atoms with Crippen LogP contribution in [0.2, 0.25) is 0 Å². The van der Waals surface area contributed by atoms with E-state index in [4.69, 9.17) is 9.47 Å². The van der Waals surface area contributed by atoms with Crippen LogP contribution in [0.25, 0.3) is 0 Å². The summed E-state index contributed by atoms with van der Waals surface area (Å²) in [5, 5.41) is 0. The molecule has 1 heterocycles. The van der Waals surface area contributed by atoms with Gasteiger partial charge < -0.3 is 9.47 Å². The van der Waals surface area contributed by atoms with E-state index in [-0.39, 0.29) is 10.7 Å². The van der Waals surface area contributed by atoms with E-state index in [1.54, 1.807) is 18.3 Å². The van der Waals surface area contributed by atoms with Gasteiger partial charge in [0.15, 0.2) is 11.5 Å². The smallest absolute Gasteiger partial charge is 0.263 e. The number of nitrogens with zero attached hydrogens (tertiary/aromatic N) is 1. The Balaban J connectivity index is 2.35. The number of methoxy groups -OCH3 is 2. The van der Waals surface area contributed by atoms with Gasteiger partial charge in [0.25, 0.3) is 10.0 Å². The summed E-state index contributed by atoms with van der Waals surface area (Å²) in [6.45, 7) is 1.86. The van der Waals surface area contributed by atoms with Gasteiger partial charge in [-0.3, -0.25) is 4.72 Å². The molecule has 7 heteroatoms. The lowest BCUT2D eigenvalue weighted by Crippen LogP contribution is -2.14. The van der Waals surface area contributed by atoms with Crippen molar-refractivity contribution in [2.75, 3.05) is 18.9 Å². The number of ether oxygens (including phenoxy) is 2. The molecule has 6 nitrogen and oxygen atoms in total. The zero-order valence-corrected chi connectivity index (χ0v) is 12.8. The number of pyridine rings is 1. The number of hydrogen-bond acceptors (Lipinski definition) is 5. The fraction of sp³-hybridized carbons (Fsp3) is 0.214. The van der Waals surface area contributed by atoms with E-state index in [1.165, 1.54) is 32.4 Å². The van der Waals surface area contributed by atoms with Crippen molar-refractivity contribution in [2.24, 2.45) is 0 Å². The Morgan fingerprint density at radius 3 is 2.38 bits per heavy atom. The zero-order valence-electron chi connectivity index (χ0n) is 12.0. The molecular formula is C14H16N2O4S. The van der Waals surface area contributed by atoms with Crippen LogP contribution in [0.5, 0.6) is 11.5 Å². The number of anilines is 1. The fourth-order valence-corrected chi connectivity index (χ4v) is 2.79. The van der Waals surface area contributed by atoms with E-state index in [0.717, 1.165) is 5.56 Å². The van der Waals surface area contributed by atoms with E-state index < -0.39 is 10.0 Å². The van der Waals surface area contributed by atoms with Gasteiger partial charge in [-0.25, -0.2) is 13.4 Å². The highest BCUT2D eigenvalue weighted by molar-refractivity contribution is 7.92. The van der Waals surface area contributed by atoms with Gasteiger partial charge in [0.05, 0.1) is 19.1 Å². The van der Waals surface area contributed by atoms with Crippen molar-refractivity contribution in [1.82, 2.24) is 4.98 Å². The van der Waals surface area contributed by atoms with Crippen molar-refractivity contribution in [1.29, 1.82) is 0 Å². The molecule has 0 unspecified atom stereocenters. The van der Waals surface area contributed by atoms with Crippen molar-refractivity contribution in [3.63, 3.8) is 0 Å². The van der Waals surface area contributed by atoms with Crippen LogP contribution < -0.4 is 14.2 Å². The van der Waals surface area contributed by atoms with Crippen LogP contribution in [0.15, 0.2) is 41.4 Å². The van der Waals surface area contributed by atoms with Crippen LogP contribution in [0.3, 0.4) is 0 Å². The van der Waals surface area contributed by atoms with E-state index >= 15 is 0 Å². The molecule has 1 aromatic heterocycles. The van der Waals surface area contributed by atoms with Crippen LogP contribution in [0.4, 0.5) is 5.82 Å². The molecule has 0 amide bonds. The van der Waals surface area contributed by atoms with E-state index in [9.17, 15) is 8.42 Å². The second kappa shape index (κ2) is 6.01. The summed E-state index contributed by atoms with van der Waals surface area (Å²) in [4.78, 5) is 4.05. The van der Waals surface area contributed by atoms with Gasteiger partial charge in [-0.05, 0) is 36.8 Å². The van der Waals surface area contributed by atoms with Crippen molar-refractivity contribution in [3.05, 3.63) is 42.1 Å².